The zero-order valence-corrected chi connectivity index (χ0v) is 70.0. The molecule has 2 aromatic heterocycles. The van der Waals surface area contributed by atoms with Crippen LogP contribution in [0.4, 0.5) is 11.6 Å². The van der Waals surface area contributed by atoms with Gasteiger partial charge in [0.2, 0.25) is 0 Å². The van der Waals surface area contributed by atoms with Gasteiger partial charge in [-0.05, 0) is 115 Å². The number of amidine groups is 4. The lowest BCUT2D eigenvalue weighted by atomic mass is 10.1. The fourth-order valence-corrected chi connectivity index (χ4v) is 30.5. The molecule has 6 bridgehead atoms. The lowest BCUT2D eigenvalue weighted by Gasteiger charge is -2.44. The van der Waals surface area contributed by atoms with Crippen molar-refractivity contribution in [2.24, 2.45) is 30.0 Å². The molecule has 0 spiro atoms. The maximum atomic E-state index is 12.1. The first-order valence-electron chi connectivity index (χ1n) is 37.4. The van der Waals surface area contributed by atoms with Crippen molar-refractivity contribution in [2.75, 3.05) is 121 Å². The van der Waals surface area contributed by atoms with Crippen LogP contribution >= 0.6 is 0 Å². The summed E-state index contributed by atoms with van der Waals surface area (Å²) in [5, 5.41) is 11.6. The molecular weight excluding hydrogens is 1590 g/mol. The molecule has 1 atom stereocenters. The molecule has 0 saturated heterocycles. The summed E-state index contributed by atoms with van der Waals surface area (Å²) >= 11 is 0. The highest BCUT2D eigenvalue weighted by Gasteiger charge is 2.58. The second-order valence-electron chi connectivity index (χ2n) is 30.0. The monoisotopic (exact) mass is 1690 g/mol. The second-order valence-corrected chi connectivity index (χ2v) is 49.4. The summed E-state index contributed by atoms with van der Waals surface area (Å²) in [6.07, 6.45) is 2.42. The largest absolute Gasteiger partial charge is 0.748 e. The van der Waals surface area contributed by atoms with E-state index in [0.717, 1.165) is 0 Å². The summed E-state index contributed by atoms with van der Waals surface area (Å²) in [4.78, 5) is 44.2. The Bertz CT molecular complexity index is 4930. The van der Waals surface area contributed by atoms with E-state index in [-0.39, 0.29) is 119 Å². The summed E-state index contributed by atoms with van der Waals surface area (Å²) in [5.74, 6) is -1.62. The number of unbranched alkanes of at least 4 members (excludes halogenated alkanes) is 5. The first-order valence-corrected chi connectivity index (χ1v) is 53.3. The minimum Gasteiger partial charge on any atom is -0.748 e. The Hall–Kier alpha value is -6.37. The number of aliphatic carboxylic acids is 1. The van der Waals surface area contributed by atoms with Crippen molar-refractivity contribution in [3.8, 4) is 0 Å². The van der Waals surface area contributed by atoms with Crippen LogP contribution in [0.2, 0.25) is 38.3 Å². The van der Waals surface area contributed by atoms with Gasteiger partial charge in [-0.3, -0.25) is 26.9 Å². The zero-order valence-electron chi connectivity index (χ0n) is 62.9. The molecule has 0 aliphatic carbocycles. The molecule has 0 fully saturated rings. The van der Waals surface area contributed by atoms with Crippen molar-refractivity contribution in [2.45, 2.75) is 122 Å². The van der Waals surface area contributed by atoms with E-state index in [1.807, 2.05) is 106 Å². The molecule has 6 heterocycles. The molecule has 0 amide bonds. The van der Waals surface area contributed by atoms with E-state index >= 15 is 0 Å². The van der Waals surface area contributed by atoms with E-state index in [1.165, 1.54) is 0 Å². The number of rotatable bonds is 49. The first kappa shape index (κ1) is 87.0. The van der Waals surface area contributed by atoms with Gasteiger partial charge in [0.05, 0.1) is 129 Å². The topological polar surface area (TPSA) is 445 Å². The molecule has 40 heteroatoms. The van der Waals surface area contributed by atoms with E-state index in [0.29, 0.717) is 167 Å². The molecule has 4 N–H and O–H groups in total. The molecule has 0 saturated carbocycles. The van der Waals surface area contributed by atoms with Crippen LogP contribution in [0.1, 0.15) is 106 Å². The van der Waals surface area contributed by atoms with Crippen LogP contribution in [0.15, 0.2) is 127 Å². The predicted octanol–water partition coefficient (Wildman–Crippen LogP) is 7.41. The average Bonchev–Trinajstić information content (AvgIpc) is 1.53. The maximum absolute atomic E-state index is 12.1. The highest BCUT2D eigenvalue weighted by Crippen LogP contribution is 2.46. The Kier molecular flexibility index (Phi) is 29.1. The molecule has 1 unspecified atom stereocenters. The van der Waals surface area contributed by atoms with Gasteiger partial charge in [-0.15, -0.1) is 0 Å². The van der Waals surface area contributed by atoms with E-state index in [2.05, 4.69) is 26.2 Å². The SMILES string of the molecule is C[Si](C)(CCC[N+](CCCCS(=O)(=O)O)(CCCCS(=O)(=O)O)CCCCS(=O)(=O)O)O[Si]1(O[Si](C)(C)CCC[N+](CCCCS(=O)(=O)[O-])(CCCCS(=O)(=O)[O-])CCOCCOCCOCCC(=O)O)n2c3c4ccccc4c2/N=C2N=C(/N=c4/c5ccccc5/c(n41)=N/C1=NC(=N\3)/c3ccccc31)c1ccccc1\2. The number of aromatic nitrogens is 2. The normalized spacial score (nSPS) is 17.6. The molecular formula is C71H100N10O22S5Si3. The fraction of sp³-hybridized carbons (Fsp3) is 0.535. The quantitative estimate of drug-likeness (QED) is 0.0125. The molecule has 4 aromatic carbocycles. The van der Waals surface area contributed by atoms with Crippen LogP contribution in [0, 0.1) is 0 Å². The van der Waals surface area contributed by atoms with Crippen LogP contribution in [0.3, 0.4) is 0 Å². The van der Waals surface area contributed by atoms with Crippen molar-refractivity contribution < 1.29 is 106 Å². The Morgan fingerprint density at radius 3 is 1.05 bits per heavy atom. The molecule has 0 radical (unpaired) electrons. The number of ether oxygens (including phenoxy) is 3. The van der Waals surface area contributed by atoms with Gasteiger partial charge in [-0.2, -0.15) is 25.3 Å². The van der Waals surface area contributed by atoms with Crippen LogP contribution in [0.25, 0.3) is 21.5 Å². The van der Waals surface area contributed by atoms with Gasteiger partial charge < -0.3 is 45.6 Å². The predicted molar refractivity (Wildman–Crippen MR) is 426 cm³/mol. The maximum Gasteiger partial charge on any atom is 0.582 e. The van der Waals surface area contributed by atoms with E-state index in [1.54, 1.807) is 0 Å². The fourth-order valence-electron chi connectivity index (χ4n) is 15.1. The summed E-state index contributed by atoms with van der Waals surface area (Å²) in [6, 6.07) is 31.7. The number of hydrogen-bond acceptors (Lipinski definition) is 24. The molecule has 6 aromatic rings. The van der Waals surface area contributed by atoms with Crippen molar-refractivity contribution in [3.63, 3.8) is 0 Å². The number of carbonyl (C=O) groups is 1. The van der Waals surface area contributed by atoms with Gasteiger partial charge in [0, 0.05) is 55.3 Å². The van der Waals surface area contributed by atoms with Gasteiger partial charge in [-0.1, -0.05) is 97.1 Å². The lowest BCUT2D eigenvalue weighted by molar-refractivity contribution is -0.929. The third-order valence-corrected chi connectivity index (χ3v) is 35.9. The highest BCUT2D eigenvalue weighted by atomic mass is 32.2. The molecule has 111 heavy (non-hydrogen) atoms. The van der Waals surface area contributed by atoms with Crippen LogP contribution in [-0.2, 0) is 77.8 Å². The Labute approximate surface area is 651 Å². The number of carboxylic acids is 1. The van der Waals surface area contributed by atoms with E-state index in [4.69, 9.17) is 57.5 Å². The number of benzene rings is 4. The summed E-state index contributed by atoms with van der Waals surface area (Å²) in [7, 11) is -34.3. The minimum absolute atomic E-state index is 0.0241. The Morgan fingerprint density at radius 2 is 0.703 bits per heavy atom. The van der Waals surface area contributed by atoms with Gasteiger partial charge in [-0.25, -0.2) is 46.8 Å². The zero-order chi connectivity index (χ0) is 80.1. The Balaban J connectivity index is 1.14. The third kappa shape index (κ3) is 24.4. The molecule has 10 rings (SSSR count). The lowest BCUT2D eigenvalue weighted by Crippen LogP contribution is -2.70. The Morgan fingerprint density at radius 1 is 0.396 bits per heavy atom. The smallest absolute Gasteiger partial charge is 0.582 e. The molecule has 608 valence electrons. The molecule has 4 aliphatic heterocycles. The number of quaternary nitrogens is 2. The minimum atomic E-state index is -4.99. The van der Waals surface area contributed by atoms with E-state index < -0.39 is 111 Å². The summed E-state index contributed by atoms with van der Waals surface area (Å²) < 4.78 is 214. The standard InChI is InChI=1S/C71H100N10O22S5Si3/c1-109(2,53-23-39-80(34-13-18-48-104(84,85)86,35-14-19-49-105(87,88)89)36-15-20-50-106(90,91)92)102-111(103-110(3,4)54-24-40-81(37-16-21-51-107(93,94)95,38-17-22-52-108(96,97)98)41-43-100-45-47-101-46-44-99-42-33-63(82)83)78-68-59-29-9-10-30-60(59)70(78)76-66-57-27-7-8-28-58(57)67(73-66)77-71-62-32-12-11-31-61(62)69(79(71)111)75-65-56-26-6-5-25-55(56)64(72-65)74-68/h5-12,25-32H,13-24,33-54H2,1-4H3,(H4-2,82,83,84,85,86,87,88,89,90,91,92,93,94,95,96,97,98)/b74-64-,74-68?,75-65?,75-69-,76-66-,76-70?,77-67?,77-71-. The summed E-state index contributed by atoms with van der Waals surface area (Å²) in [6.45, 7) is 12.0. The van der Waals surface area contributed by atoms with Gasteiger partial charge in [0.1, 0.15) is 29.2 Å². The van der Waals surface area contributed by atoms with Crippen molar-refractivity contribution in [1.29, 1.82) is 0 Å². The van der Waals surface area contributed by atoms with Gasteiger partial charge in [0.25, 0.3) is 30.4 Å². The van der Waals surface area contributed by atoms with Gasteiger partial charge in [0.15, 0.2) is 40.0 Å². The second kappa shape index (κ2) is 37.1. The highest BCUT2D eigenvalue weighted by molar-refractivity contribution is 7.86. The van der Waals surface area contributed by atoms with Crippen molar-refractivity contribution >= 4 is 139 Å². The van der Waals surface area contributed by atoms with Crippen molar-refractivity contribution in [3.05, 3.63) is 130 Å². The van der Waals surface area contributed by atoms with Crippen LogP contribution in [0.5, 0.6) is 0 Å². The first-order chi connectivity index (χ1) is 52.4. The third-order valence-electron chi connectivity index (χ3n) is 20.3. The number of hydrogen-bond donors (Lipinski definition) is 4. The molecule has 4 aliphatic rings. The van der Waals surface area contributed by atoms with Crippen LogP contribution in [-0.4, -0.2) is 263 Å². The molecule has 32 nitrogen and oxygen atoms in total. The number of carboxylic acid groups (broad SMARTS) is 1. The van der Waals surface area contributed by atoms with Gasteiger partial charge >= 0.3 is 14.9 Å². The average molecular weight is 1690 g/mol. The van der Waals surface area contributed by atoms with Crippen molar-refractivity contribution in [1.82, 2.24) is 8.47 Å². The summed E-state index contributed by atoms with van der Waals surface area (Å²) in [5.41, 5.74) is 3.58. The van der Waals surface area contributed by atoms with E-state index in [9.17, 15) is 69.6 Å². The number of nitrogens with zero attached hydrogens (tertiary/aromatic N) is 10. The number of fused-ring (bicyclic) bond motifs is 14. The van der Waals surface area contributed by atoms with Crippen LogP contribution < -0.4 is 11.0 Å². The number of aliphatic imine (C=N–C) groups is 4.